The van der Waals surface area contributed by atoms with E-state index in [1.807, 2.05) is 0 Å². The van der Waals surface area contributed by atoms with Gasteiger partial charge in [-0.05, 0) is 19.1 Å². The van der Waals surface area contributed by atoms with Gasteiger partial charge in [-0.25, -0.2) is 13.1 Å². The number of ether oxygens (including phenoxy) is 1. The highest BCUT2D eigenvalue weighted by molar-refractivity contribution is 7.91. The molecule has 2 rings (SSSR count). The predicted molar refractivity (Wildman–Crippen MR) is 102 cm³/mol. The predicted octanol–water partition coefficient (Wildman–Crippen LogP) is 1.20. The van der Waals surface area contributed by atoms with Crippen LogP contribution in [0.1, 0.15) is 6.92 Å². The second-order valence-corrected chi connectivity index (χ2v) is 8.53. The lowest BCUT2D eigenvalue weighted by atomic mass is 10.2. The Bertz CT molecular complexity index is 965. The molecule has 1 aromatic carbocycles. The van der Waals surface area contributed by atoms with E-state index in [4.69, 9.17) is 16.3 Å². The minimum Gasteiger partial charge on any atom is -0.465 e. The number of hydrogen-bond donors (Lipinski definition) is 2. The first-order valence-corrected chi connectivity index (χ1v) is 10.6. The number of benzene rings is 1. The van der Waals surface area contributed by atoms with Crippen LogP contribution in [-0.2, 0) is 19.6 Å². The fourth-order valence-electron chi connectivity index (χ4n) is 2.00. The van der Waals surface area contributed by atoms with Crippen molar-refractivity contribution in [3.63, 3.8) is 0 Å². The Morgan fingerprint density at radius 3 is 2.79 bits per heavy atom. The van der Waals surface area contributed by atoms with Crippen LogP contribution in [0.4, 0.5) is 5.69 Å². The van der Waals surface area contributed by atoms with Gasteiger partial charge in [-0.15, -0.1) is 10.2 Å². The maximum Gasteiger partial charge on any atom is 0.319 e. The number of aromatic nitrogens is 2. The molecular formula is C14H16ClN5O6S2. The lowest BCUT2D eigenvalue weighted by Gasteiger charge is -2.05. The van der Waals surface area contributed by atoms with Gasteiger partial charge in [0.05, 0.1) is 23.6 Å². The summed E-state index contributed by atoms with van der Waals surface area (Å²) in [5.74, 6) is -0.441. The lowest BCUT2D eigenvalue weighted by molar-refractivity contribution is -0.384. The van der Waals surface area contributed by atoms with Crippen LogP contribution in [0.15, 0.2) is 22.5 Å². The Morgan fingerprint density at radius 1 is 1.36 bits per heavy atom. The first-order valence-electron chi connectivity index (χ1n) is 7.88. The third-order valence-corrected chi connectivity index (χ3v) is 6.21. The second-order valence-electron chi connectivity index (χ2n) is 5.17. The van der Waals surface area contributed by atoms with Gasteiger partial charge in [-0.3, -0.25) is 14.9 Å². The normalized spacial score (nSPS) is 11.4. The summed E-state index contributed by atoms with van der Waals surface area (Å²) >= 11 is 6.46. The van der Waals surface area contributed by atoms with Crippen LogP contribution in [0, 0.1) is 10.1 Å². The summed E-state index contributed by atoms with van der Waals surface area (Å²) in [6.45, 7) is 2.09. The van der Waals surface area contributed by atoms with Crippen molar-refractivity contribution in [3.8, 4) is 10.6 Å². The van der Waals surface area contributed by atoms with Crippen LogP contribution in [0.3, 0.4) is 0 Å². The summed E-state index contributed by atoms with van der Waals surface area (Å²) in [6, 6.07) is 3.97. The quantitative estimate of drug-likeness (QED) is 0.235. The highest BCUT2D eigenvalue weighted by Crippen LogP contribution is 2.34. The molecule has 0 radical (unpaired) electrons. The molecule has 0 unspecified atom stereocenters. The van der Waals surface area contributed by atoms with Gasteiger partial charge in [0.15, 0.2) is 5.01 Å². The van der Waals surface area contributed by atoms with Crippen molar-refractivity contribution in [2.75, 3.05) is 26.2 Å². The largest absolute Gasteiger partial charge is 0.465 e. The lowest BCUT2D eigenvalue weighted by Crippen LogP contribution is -2.34. The zero-order valence-electron chi connectivity index (χ0n) is 14.5. The number of sulfonamides is 1. The maximum atomic E-state index is 12.3. The smallest absolute Gasteiger partial charge is 0.319 e. The van der Waals surface area contributed by atoms with Crippen LogP contribution in [0.25, 0.3) is 10.6 Å². The van der Waals surface area contributed by atoms with Gasteiger partial charge in [0.25, 0.3) is 15.7 Å². The summed E-state index contributed by atoms with van der Waals surface area (Å²) in [4.78, 5) is 21.7. The summed E-state index contributed by atoms with van der Waals surface area (Å²) in [5, 5.41) is 21.5. The van der Waals surface area contributed by atoms with Gasteiger partial charge in [0, 0.05) is 24.2 Å². The van der Waals surface area contributed by atoms with Crippen molar-refractivity contribution >= 4 is 44.6 Å². The Balaban J connectivity index is 2.03. The van der Waals surface area contributed by atoms with Crippen molar-refractivity contribution in [2.45, 2.75) is 11.3 Å². The van der Waals surface area contributed by atoms with Crippen LogP contribution in [0.5, 0.6) is 0 Å². The third-order valence-electron chi connectivity index (χ3n) is 3.19. The van der Waals surface area contributed by atoms with Gasteiger partial charge >= 0.3 is 5.97 Å². The van der Waals surface area contributed by atoms with E-state index in [0.717, 1.165) is 6.07 Å². The Labute approximate surface area is 169 Å². The number of nitrogens with zero attached hydrogens (tertiary/aromatic N) is 3. The number of nitrogens with one attached hydrogen (secondary N) is 2. The fourth-order valence-corrected chi connectivity index (χ4v) is 4.27. The van der Waals surface area contributed by atoms with Gasteiger partial charge in [-0.1, -0.05) is 22.9 Å². The van der Waals surface area contributed by atoms with Crippen molar-refractivity contribution in [3.05, 3.63) is 33.3 Å². The molecular weight excluding hydrogens is 434 g/mol. The highest BCUT2D eigenvalue weighted by Gasteiger charge is 2.24. The van der Waals surface area contributed by atoms with E-state index < -0.39 is 20.9 Å². The Morgan fingerprint density at radius 2 is 2.11 bits per heavy atom. The molecule has 1 heterocycles. The number of hydrogen-bond acceptors (Lipinski definition) is 10. The molecule has 2 aromatic rings. The third kappa shape index (κ3) is 5.90. The fraction of sp³-hybridized carbons (Fsp3) is 0.357. The first kappa shape index (κ1) is 22.1. The zero-order chi connectivity index (χ0) is 20.7. The van der Waals surface area contributed by atoms with Gasteiger partial charge in [0.2, 0.25) is 4.34 Å². The number of esters is 1. The number of nitro groups is 1. The second kappa shape index (κ2) is 9.84. The Hall–Kier alpha value is -2.19. The van der Waals surface area contributed by atoms with E-state index in [1.54, 1.807) is 6.92 Å². The van der Waals surface area contributed by atoms with E-state index in [-0.39, 0.29) is 51.9 Å². The molecule has 14 heteroatoms. The molecule has 2 N–H and O–H groups in total. The minimum absolute atomic E-state index is 0.00224. The van der Waals surface area contributed by atoms with Crippen molar-refractivity contribution in [2.24, 2.45) is 0 Å². The van der Waals surface area contributed by atoms with E-state index in [9.17, 15) is 23.3 Å². The molecule has 0 fully saturated rings. The van der Waals surface area contributed by atoms with E-state index >= 15 is 0 Å². The summed E-state index contributed by atoms with van der Waals surface area (Å²) in [7, 11) is -3.96. The van der Waals surface area contributed by atoms with Crippen molar-refractivity contribution < 1.29 is 22.9 Å². The van der Waals surface area contributed by atoms with E-state index in [0.29, 0.717) is 11.3 Å². The molecule has 0 atom stereocenters. The van der Waals surface area contributed by atoms with Crippen molar-refractivity contribution in [1.29, 1.82) is 0 Å². The van der Waals surface area contributed by atoms with E-state index in [1.165, 1.54) is 12.1 Å². The molecule has 0 saturated heterocycles. The summed E-state index contributed by atoms with van der Waals surface area (Å²) in [5.41, 5.74) is -0.187. The van der Waals surface area contributed by atoms with Crippen LogP contribution in [0.2, 0.25) is 5.02 Å². The topological polar surface area (TPSA) is 153 Å². The maximum absolute atomic E-state index is 12.3. The van der Waals surface area contributed by atoms with Gasteiger partial charge in [0.1, 0.15) is 0 Å². The molecule has 28 heavy (non-hydrogen) atoms. The molecule has 0 bridgehead atoms. The monoisotopic (exact) mass is 449 g/mol. The average molecular weight is 450 g/mol. The number of carbonyl (C=O) groups is 1. The molecule has 11 nitrogen and oxygen atoms in total. The average Bonchev–Trinajstić information content (AvgIpc) is 3.12. The molecule has 0 aliphatic carbocycles. The molecule has 152 valence electrons. The highest BCUT2D eigenvalue weighted by atomic mass is 35.5. The zero-order valence-corrected chi connectivity index (χ0v) is 16.9. The number of nitro benzene ring substituents is 1. The molecule has 0 saturated carbocycles. The van der Waals surface area contributed by atoms with E-state index in [2.05, 4.69) is 20.2 Å². The van der Waals surface area contributed by atoms with Crippen molar-refractivity contribution in [1.82, 2.24) is 20.2 Å². The molecule has 0 aliphatic rings. The van der Waals surface area contributed by atoms with Gasteiger partial charge < -0.3 is 10.1 Å². The summed E-state index contributed by atoms with van der Waals surface area (Å²) < 4.78 is 31.2. The number of carbonyl (C=O) groups excluding carboxylic acids is 1. The SMILES string of the molecule is CCOC(=O)CNCCNS(=O)(=O)c1nnc(-c2ccc(Cl)cc2[N+](=O)[O-])s1. The van der Waals surface area contributed by atoms with Crippen LogP contribution < -0.4 is 10.0 Å². The van der Waals surface area contributed by atoms with Crippen LogP contribution >= 0.6 is 22.9 Å². The minimum atomic E-state index is -3.96. The number of halogens is 1. The van der Waals surface area contributed by atoms with Crippen LogP contribution in [-0.4, -0.2) is 55.7 Å². The molecule has 0 amide bonds. The van der Waals surface area contributed by atoms with Gasteiger partial charge in [-0.2, -0.15) is 0 Å². The summed E-state index contributed by atoms with van der Waals surface area (Å²) in [6.07, 6.45) is 0. The number of rotatable bonds is 10. The molecule has 0 aliphatic heterocycles. The molecule has 0 spiro atoms. The molecule has 1 aromatic heterocycles. The first-order chi connectivity index (χ1) is 13.2. The standard InChI is InChI=1S/C14H16ClN5O6S2/c1-2-26-12(21)8-16-5-6-17-28(24,25)14-19-18-13(27-14)10-4-3-9(15)7-11(10)20(22)23/h3-4,7,16-17H,2,5-6,8H2,1H3. The Kier molecular flexibility index (Phi) is 7.77.